The number of nitrogens with zero attached hydrogens (tertiary/aromatic N) is 3. The Kier molecular flexibility index (Phi) is 9.26. The van der Waals surface area contributed by atoms with Gasteiger partial charge in [0.05, 0.1) is 25.2 Å². The van der Waals surface area contributed by atoms with Gasteiger partial charge >= 0.3 is 0 Å². The van der Waals surface area contributed by atoms with Gasteiger partial charge in [0.25, 0.3) is 0 Å². The second-order valence-electron chi connectivity index (χ2n) is 9.92. The van der Waals surface area contributed by atoms with Crippen LogP contribution in [0.5, 0.6) is 0 Å². The first-order valence-corrected chi connectivity index (χ1v) is 14.5. The van der Waals surface area contributed by atoms with Crippen molar-refractivity contribution >= 4 is 75.0 Å². The van der Waals surface area contributed by atoms with Crippen molar-refractivity contribution in [3.05, 3.63) is 84.5 Å². The van der Waals surface area contributed by atoms with Crippen molar-refractivity contribution in [2.24, 2.45) is 0 Å². The molecule has 13 heteroatoms. The molecule has 1 aliphatic rings. The molecule has 1 fully saturated rings. The molecule has 8 nitrogen and oxygen atoms in total. The van der Waals surface area contributed by atoms with Crippen molar-refractivity contribution in [2.45, 2.75) is 51.1 Å². The van der Waals surface area contributed by atoms with Crippen molar-refractivity contribution in [2.75, 3.05) is 19.5 Å². The van der Waals surface area contributed by atoms with E-state index in [1.165, 1.54) is 0 Å². The van der Waals surface area contributed by atoms with Gasteiger partial charge in [0, 0.05) is 33.4 Å². The van der Waals surface area contributed by atoms with Gasteiger partial charge in [0.15, 0.2) is 6.23 Å². The zero-order valence-electron chi connectivity index (χ0n) is 22.3. The Morgan fingerprint density at radius 2 is 1.61 bits per heavy atom. The molecule has 2 N–H and O–H groups in total. The van der Waals surface area contributed by atoms with Crippen LogP contribution < -0.4 is 5.73 Å². The molecule has 4 aromatic rings. The Hall–Kier alpha value is -1.85. The summed E-state index contributed by atoms with van der Waals surface area (Å²) in [6, 6.07) is 10.5. The summed E-state index contributed by atoms with van der Waals surface area (Å²) in [6.45, 7) is 4.42. The Balaban J connectivity index is 1.47. The summed E-state index contributed by atoms with van der Waals surface area (Å²) in [6.07, 6.45) is 0.0375. The third-order valence-corrected chi connectivity index (χ3v) is 8.66. The fourth-order valence-electron chi connectivity index (χ4n) is 5.06. The highest BCUT2D eigenvalue weighted by atomic mass is 35.5. The lowest BCUT2D eigenvalue weighted by Crippen LogP contribution is -2.47. The summed E-state index contributed by atoms with van der Waals surface area (Å²) in [4.78, 5) is 8.58. The largest absolute Gasteiger partial charge is 0.374 e. The number of aromatic nitrogens is 3. The van der Waals surface area contributed by atoms with Crippen LogP contribution >= 0.6 is 58.0 Å². The lowest BCUT2D eigenvalue weighted by atomic mass is 9.95. The van der Waals surface area contributed by atoms with E-state index in [0.29, 0.717) is 31.1 Å². The van der Waals surface area contributed by atoms with Crippen LogP contribution in [0.3, 0.4) is 0 Å². The number of hydrogen-bond acceptors (Lipinski definition) is 7. The molecule has 2 aromatic carbocycles. The third-order valence-electron chi connectivity index (χ3n) is 7.21. The highest BCUT2D eigenvalue weighted by molar-refractivity contribution is 6.35. The summed E-state index contributed by atoms with van der Waals surface area (Å²) in [5, 5.41) is 3.01. The fourth-order valence-corrected chi connectivity index (χ4v) is 6.31. The second-order valence-corrected chi connectivity index (χ2v) is 12.0. The minimum atomic E-state index is -1.00. The van der Waals surface area contributed by atoms with Gasteiger partial charge < -0.3 is 29.2 Å². The zero-order valence-corrected chi connectivity index (χ0v) is 26.1. The van der Waals surface area contributed by atoms with E-state index in [-0.39, 0.29) is 30.9 Å². The predicted octanol–water partition coefficient (Wildman–Crippen LogP) is 7.69. The van der Waals surface area contributed by atoms with Crippen molar-refractivity contribution in [1.29, 1.82) is 0 Å². The second kappa shape index (κ2) is 12.4. The van der Waals surface area contributed by atoms with Crippen LogP contribution in [0.1, 0.15) is 29.8 Å². The smallest absolute Gasteiger partial charge is 0.223 e. The number of nitrogen functional groups attached to an aromatic ring is 1. The molecule has 5 rings (SSSR count). The quantitative estimate of drug-likeness (QED) is 0.184. The molecule has 3 heterocycles. The predicted molar refractivity (Wildman–Crippen MR) is 162 cm³/mol. The zero-order chi connectivity index (χ0) is 29.5. The molecule has 0 spiro atoms. The highest BCUT2D eigenvalue weighted by Crippen LogP contribution is 2.45. The van der Waals surface area contributed by atoms with Gasteiger partial charge in [-0.1, -0.05) is 70.1 Å². The lowest BCUT2D eigenvalue weighted by Gasteiger charge is -2.34. The number of aryl methyl sites for hydroxylation is 1. The van der Waals surface area contributed by atoms with Gasteiger partial charge in [0.2, 0.25) is 5.95 Å². The Bertz CT molecular complexity index is 1590. The fraction of sp³-hybridized carbons (Fsp3) is 0.357. The maximum atomic E-state index is 6.63. The van der Waals surface area contributed by atoms with Gasteiger partial charge in [-0.15, -0.1) is 0 Å². The number of nitrogens with two attached hydrogens (primary N) is 1. The van der Waals surface area contributed by atoms with E-state index in [1.54, 1.807) is 31.4 Å². The molecule has 2 aromatic heterocycles. The normalized spacial score (nSPS) is 22.6. The molecule has 0 saturated carbocycles. The van der Waals surface area contributed by atoms with E-state index in [0.717, 1.165) is 16.7 Å². The molecule has 1 unspecified atom stereocenters. The van der Waals surface area contributed by atoms with Crippen LogP contribution in [0.15, 0.2) is 42.6 Å². The van der Waals surface area contributed by atoms with Crippen molar-refractivity contribution in [3.63, 3.8) is 0 Å². The number of methoxy groups -OCH3 is 1. The van der Waals surface area contributed by atoms with Crippen LogP contribution in [0, 0.1) is 6.92 Å². The summed E-state index contributed by atoms with van der Waals surface area (Å²) in [5.41, 5.74) is 7.88. The average Bonchev–Trinajstić information content (AvgIpc) is 3.38. The molecular weight excluding hydrogens is 634 g/mol. The number of anilines is 1. The van der Waals surface area contributed by atoms with Crippen molar-refractivity contribution < 1.29 is 18.9 Å². The van der Waals surface area contributed by atoms with Crippen LogP contribution in [-0.4, -0.2) is 46.1 Å². The molecule has 4 atom stereocenters. The van der Waals surface area contributed by atoms with E-state index in [2.05, 4.69) is 9.97 Å². The topological polar surface area (TPSA) is 93.7 Å². The Labute approximate surface area is 262 Å². The third kappa shape index (κ3) is 6.13. The molecule has 1 saturated heterocycles. The van der Waals surface area contributed by atoms with Gasteiger partial charge in [-0.3, -0.25) is 0 Å². The first-order valence-electron chi connectivity index (χ1n) is 12.6. The maximum Gasteiger partial charge on any atom is 0.223 e. The summed E-state index contributed by atoms with van der Waals surface area (Å²) >= 11 is 31.4. The number of ether oxygens (including phenoxy) is 4. The first-order chi connectivity index (χ1) is 19.5. The maximum absolute atomic E-state index is 6.63. The molecule has 218 valence electrons. The SMILES string of the molecule is CO[C@@]1(C)C(n2cc(C)c3c(Cl)nc(N)nc32)O[C@H](COCc2ccc(Cl)cc2Cl)[C@H]1OCc1ccc(Cl)cc1Cl. The Morgan fingerprint density at radius 1 is 0.976 bits per heavy atom. The van der Waals surface area contributed by atoms with E-state index in [4.69, 9.17) is 82.7 Å². The molecular formula is C28H27Cl5N4O4. The molecule has 0 aliphatic carbocycles. The van der Waals surface area contributed by atoms with Crippen LogP contribution in [0.2, 0.25) is 25.2 Å². The highest BCUT2D eigenvalue weighted by Gasteiger charge is 2.56. The molecule has 0 bridgehead atoms. The minimum Gasteiger partial charge on any atom is -0.374 e. The van der Waals surface area contributed by atoms with Crippen LogP contribution in [0.4, 0.5) is 5.95 Å². The number of benzene rings is 2. The van der Waals surface area contributed by atoms with Gasteiger partial charge in [-0.05, 0) is 54.8 Å². The minimum absolute atomic E-state index is 0.0453. The van der Waals surface area contributed by atoms with Crippen molar-refractivity contribution in [1.82, 2.24) is 14.5 Å². The van der Waals surface area contributed by atoms with Gasteiger partial charge in [0.1, 0.15) is 28.6 Å². The van der Waals surface area contributed by atoms with E-state index in [9.17, 15) is 0 Å². The van der Waals surface area contributed by atoms with Crippen LogP contribution in [-0.2, 0) is 32.2 Å². The van der Waals surface area contributed by atoms with Crippen molar-refractivity contribution in [3.8, 4) is 0 Å². The molecule has 1 aliphatic heterocycles. The first kappa shape index (κ1) is 30.6. The number of halogens is 5. The van der Waals surface area contributed by atoms with Crippen LogP contribution in [0.25, 0.3) is 11.0 Å². The number of rotatable bonds is 9. The summed E-state index contributed by atoms with van der Waals surface area (Å²) in [7, 11) is 1.60. The molecule has 41 heavy (non-hydrogen) atoms. The Morgan fingerprint density at radius 3 is 2.22 bits per heavy atom. The average molecular weight is 661 g/mol. The monoisotopic (exact) mass is 658 g/mol. The standard InChI is InChI=1S/C28H27Cl5N4O4/c1-14-10-37(25-22(14)24(33)35-27(34)36-25)26-28(2,38-3)23(40-12-16-5-7-18(30)9-20(16)32)21(41-26)13-39-11-15-4-6-17(29)8-19(15)31/h4-10,21,23,26H,11-13H2,1-3H3,(H2,34,35,36)/t21-,23-,26?,28-/m1/s1. The number of hydrogen-bond donors (Lipinski definition) is 1. The number of fused-ring (bicyclic) bond motifs is 1. The lowest BCUT2D eigenvalue weighted by molar-refractivity contribution is -0.136. The van der Waals surface area contributed by atoms with E-state index in [1.807, 2.05) is 36.7 Å². The van der Waals surface area contributed by atoms with E-state index < -0.39 is 24.0 Å². The molecule has 0 radical (unpaired) electrons. The van der Waals surface area contributed by atoms with Gasteiger partial charge in [-0.25, -0.2) is 4.98 Å². The summed E-state index contributed by atoms with van der Waals surface area (Å²) in [5.74, 6) is 0.0453. The summed E-state index contributed by atoms with van der Waals surface area (Å²) < 4.78 is 27.2. The molecule has 0 amide bonds. The van der Waals surface area contributed by atoms with Gasteiger partial charge in [-0.2, -0.15) is 4.98 Å². The van der Waals surface area contributed by atoms with E-state index >= 15 is 0 Å².